The lowest BCUT2D eigenvalue weighted by molar-refractivity contribution is 0.0693. The monoisotopic (exact) mass is 263 g/mol. The van der Waals surface area contributed by atoms with Crippen LogP contribution in [0.5, 0.6) is 0 Å². The van der Waals surface area contributed by atoms with Crippen LogP contribution >= 0.6 is 11.8 Å². The quantitative estimate of drug-likeness (QED) is 0.814. The van der Waals surface area contributed by atoms with E-state index in [0.717, 1.165) is 22.9 Å². The van der Waals surface area contributed by atoms with Crippen molar-refractivity contribution in [2.75, 3.05) is 17.6 Å². The van der Waals surface area contributed by atoms with E-state index in [0.29, 0.717) is 11.0 Å². The fourth-order valence-corrected chi connectivity index (χ4v) is 4.45. The second-order valence-corrected chi connectivity index (χ2v) is 6.32. The Kier molecular flexibility index (Phi) is 2.98. The van der Waals surface area contributed by atoms with Crippen LogP contribution in [0.1, 0.15) is 36.0 Å². The van der Waals surface area contributed by atoms with Gasteiger partial charge in [0.15, 0.2) is 0 Å². The molecule has 3 nitrogen and oxygen atoms in total. The van der Waals surface area contributed by atoms with Crippen LogP contribution in [-0.2, 0) is 0 Å². The number of benzene rings is 1. The summed E-state index contributed by atoms with van der Waals surface area (Å²) in [6.07, 6.45) is 5.15. The molecule has 4 heteroatoms. The molecular formula is C14H17NO2S. The molecule has 1 heterocycles. The van der Waals surface area contributed by atoms with Crippen molar-refractivity contribution in [3.8, 4) is 0 Å². The van der Waals surface area contributed by atoms with E-state index in [9.17, 15) is 9.90 Å². The van der Waals surface area contributed by atoms with Crippen LogP contribution in [-0.4, -0.2) is 23.4 Å². The molecule has 1 aliphatic carbocycles. The molecule has 0 saturated heterocycles. The largest absolute Gasteiger partial charge is 0.478 e. The number of aromatic carboxylic acids is 1. The standard InChI is InChI=1S/C14H17NO2S/c16-13(17)10-4-3-5-11-12(10)18-9-14(8-15-11)6-1-2-7-14/h3-5,15H,1-2,6-9H2,(H,16,17). The van der Waals surface area contributed by atoms with E-state index in [1.54, 1.807) is 17.8 Å². The number of thioether (sulfide) groups is 1. The zero-order chi connectivity index (χ0) is 12.6. The Hall–Kier alpha value is -1.16. The molecule has 18 heavy (non-hydrogen) atoms. The molecule has 96 valence electrons. The highest BCUT2D eigenvalue weighted by Crippen LogP contribution is 2.46. The summed E-state index contributed by atoms with van der Waals surface area (Å²) in [4.78, 5) is 12.2. The van der Waals surface area contributed by atoms with Gasteiger partial charge in [0.2, 0.25) is 0 Å². The van der Waals surface area contributed by atoms with Crippen LogP contribution in [0.3, 0.4) is 0 Å². The molecule has 0 bridgehead atoms. The minimum absolute atomic E-state index is 0.374. The third-order valence-corrected chi connectivity index (χ3v) is 5.57. The minimum atomic E-state index is -0.830. The average molecular weight is 263 g/mol. The summed E-state index contributed by atoms with van der Waals surface area (Å²) in [5, 5.41) is 12.7. The lowest BCUT2D eigenvalue weighted by Gasteiger charge is -2.26. The zero-order valence-corrected chi connectivity index (χ0v) is 11.1. The first kappa shape index (κ1) is 11.9. The maximum Gasteiger partial charge on any atom is 0.336 e. The molecular weight excluding hydrogens is 246 g/mol. The first-order chi connectivity index (χ1) is 8.70. The van der Waals surface area contributed by atoms with Crippen LogP contribution in [0.25, 0.3) is 0 Å². The number of carboxylic acid groups (broad SMARTS) is 1. The van der Waals surface area contributed by atoms with Crippen molar-refractivity contribution in [3.63, 3.8) is 0 Å². The molecule has 0 aromatic heterocycles. The van der Waals surface area contributed by atoms with Crippen molar-refractivity contribution in [1.82, 2.24) is 0 Å². The van der Waals surface area contributed by atoms with E-state index < -0.39 is 5.97 Å². The molecule has 0 radical (unpaired) electrons. The van der Waals surface area contributed by atoms with E-state index in [-0.39, 0.29) is 0 Å². The van der Waals surface area contributed by atoms with Gasteiger partial charge in [-0.3, -0.25) is 0 Å². The predicted octanol–water partition coefficient (Wildman–Crippen LogP) is 3.46. The molecule has 1 aromatic rings. The Morgan fingerprint density at radius 2 is 2.11 bits per heavy atom. The molecule has 0 unspecified atom stereocenters. The first-order valence-corrected chi connectivity index (χ1v) is 7.42. The third-order valence-electron chi connectivity index (χ3n) is 4.09. The molecule has 0 amide bonds. The summed E-state index contributed by atoms with van der Waals surface area (Å²) in [5.41, 5.74) is 1.79. The predicted molar refractivity (Wildman–Crippen MR) is 73.5 cm³/mol. The summed E-state index contributed by atoms with van der Waals surface area (Å²) in [5.74, 6) is 0.209. The van der Waals surface area contributed by atoms with E-state index in [2.05, 4.69) is 5.32 Å². The van der Waals surface area contributed by atoms with Gasteiger partial charge in [0.05, 0.1) is 5.56 Å². The lowest BCUT2D eigenvalue weighted by Crippen LogP contribution is -2.27. The maximum absolute atomic E-state index is 11.3. The number of anilines is 1. The highest BCUT2D eigenvalue weighted by Gasteiger charge is 2.36. The number of fused-ring (bicyclic) bond motifs is 1. The van der Waals surface area contributed by atoms with Crippen molar-refractivity contribution in [2.24, 2.45) is 5.41 Å². The number of rotatable bonds is 1. The van der Waals surface area contributed by atoms with E-state index in [4.69, 9.17) is 0 Å². The Morgan fingerprint density at radius 3 is 2.83 bits per heavy atom. The third kappa shape index (κ3) is 1.99. The van der Waals surface area contributed by atoms with Gasteiger partial charge in [-0.1, -0.05) is 18.9 Å². The summed E-state index contributed by atoms with van der Waals surface area (Å²) in [7, 11) is 0. The van der Waals surface area contributed by atoms with Crippen LogP contribution in [0.15, 0.2) is 23.1 Å². The van der Waals surface area contributed by atoms with Crippen molar-refractivity contribution in [1.29, 1.82) is 0 Å². The van der Waals surface area contributed by atoms with Gasteiger partial charge < -0.3 is 10.4 Å². The normalized spacial score (nSPS) is 21.1. The van der Waals surface area contributed by atoms with Gasteiger partial charge in [-0.2, -0.15) is 0 Å². The van der Waals surface area contributed by atoms with Crippen LogP contribution < -0.4 is 5.32 Å². The molecule has 1 aromatic carbocycles. The number of carbonyl (C=O) groups is 1. The lowest BCUT2D eigenvalue weighted by atomic mass is 9.88. The van der Waals surface area contributed by atoms with E-state index in [1.807, 2.05) is 12.1 Å². The fourth-order valence-electron chi connectivity index (χ4n) is 3.01. The Morgan fingerprint density at radius 1 is 1.33 bits per heavy atom. The first-order valence-electron chi connectivity index (χ1n) is 6.43. The maximum atomic E-state index is 11.3. The average Bonchev–Trinajstić information content (AvgIpc) is 2.74. The molecule has 2 aliphatic rings. The molecule has 1 aliphatic heterocycles. The SMILES string of the molecule is O=C(O)c1cccc2c1SCC1(CCCC1)CN2. The van der Waals surface area contributed by atoms with Gasteiger partial charge >= 0.3 is 5.97 Å². The fraction of sp³-hybridized carbons (Fsp3) is 0.500. The van der Waals surface area contributed by atoms with Crippen molar-refractivity contribution in [2.45, 2.75) is 30.6 Å². The van der Waals surface area contributed by atoms with Gasteiger partial charge in [0.25, 0.3) is 0 Å². The highest BCUT2D eigenvalue weighted by atomic mass is 32.2. The molecule has 1 fully saturated rings. The van der Waals surface area contributed by atoms with Crippen LogP contribution in [0.4, 0.5) is 5.69 Å². The van der Waals surface area contributed by atoms with Crippen LogP contribution in [0.2, 0.25) is 0 Å². The van der Waals surface area contributed by atoms with Gasteiger partial charge in [-0.15, -0.1) is 11.8 Å². The summed E-state index contributed by atoms with van der Waals surface area (Å²) >= 11 is 1.72. The summed E-state index contributed by atoms with van der Waals surface area (Å²) in [6, 6.07) is 5.51. The molecule has 2 N–H and O–H groups in total. The zero-order valence-electron chi connectivity index (χ0n) is 10.2. The minimum Gasteiger partial charge on any atom is -0.478 e. The van der Waals surface area contributed by atoms with Gasteiger partial charge in [0.1, 0.15) is 0 Å². The molecule has 0 atom stereocenters. The van der Waals surface area contributed by atoms with Gasteiger partial charge in [0, 0.05) is 22.9 Å². The number of nitrogens with one attached hydrogen (secondary N) is 1. The second-order valence-electron chi connectivity index (χ2n) is 5.34. The van der Waals surface area contributed by atoms with Crippen molar-refractivity contribution < 1.29 is 9.90 Å². The number of hydrogen-bond donors (Lipinski definition) is 2. The molecule has 1 saturated carbocycles. The van der Waals surface area contributed by atoms with Crippen LogP contribution in [0, 0.1) is 5.41 Å². The van der Waals surface area contributed by atoms with Crippen molar-refractivity contribution >= 4 is 23.4 Å². The Labute approximate surface area is 111 Å². The van der Waals surface area contributed by atoms with Gasteiger partial charge in [-0.05, 0) is 30.4 Å². The van der Waals surface area contributed by atoms with E-state index in [1.165, 1.54) is 25.7 Å². The van der Waals surface area contributed by atoms with Gasteiger partial charge in [-0.25, -0.2) is 4.79 Å². The Bertz CT molecular complexity index is 481. The van der Waals surface area contributed by atoms with E-state index >= 15 is 0 Å². The Balaban J connectivity index is 1.93. The topological polar surface area (TPSA) is 49.3 Å². The smallest absolute Gasteiger partial charge is 0.336 e. The summed E-state index contributed by atoms with van der Waals surface area (Å²) < 4.78 is 0. The second kappa shape index (κ2) is 4.50. The highest BCUT2D eigenvalue weighted by molar-refractivity contribution is 7.99. The number of carboxylic acids is 1. The number of hydrogen-bond acceptors (Lipinski definition) is 3. The molecule has 1 spiro atoms. The van der Waals surface area contributed by atoms with Crippen molar-refractivity contribution in [3.05, 3.63) is 23.8 Å². The molecule has 3 rings (SSSR count). The summed E-state index contributed by atoms with van der Waals surface area (Å²) in [6.45, 7) is 0.982.